The summed E-state index contributed by atoms with van der Waals surface area (Å²) in [5.41, 5.74) is 2.39. The maximum absolute atomic E-state index is 11.6. The molecule has 0 aromatic heterocycles. The number of aryl methyl sites for hydroxylation is 1. The molecule has 0 aliphatic heterocycles. The number of rotatable bonds is 5. The van der Waals surface area contributed by atoms with Gasteiger partial charge in [0.1, 0.15) is 0 Å². The lowest BCUT2D eigenvalue weighted by atomic mass is 10.0. The first-order valence-corrected chi connectivity index (χ1v) is 6.28. The fourth-order valence-corrected chi connectivity index (χ4v) is 1.67. The smallest absolute Gasteiger partial charge is 0.315 e. The monoisotopic (exact) mass is 234 g/mol. The molecule has 0 unspecified atom stereocenters. The molecule has 3 nitrogen and oxygen atoms in total. The van der Waals surface area contributed by atoms with Gasteiger partial charge in [0.2, 0.25) is 0 Å². The number of nitrogens with one attached hydrogen (secondary N) is 2. The van der Waals surface area contributed by atoms with Crippen molar-refractivity contribution in [3.05, 3.63) is 35.4 Å². The van der Waals surface area contributed by atoms with E-state index in [9.17, 15) is 4.79 Å². The van der Waals surface area contributed by atoms with Gasteiger partial charge in [-0.3, -0.25) is 0 Å². The molecule has 0 spiro atoms. The third kappa shape index (κ3) is 4.47. The highest BCUT2D eigenvalue weighted by Gasteiger charge is 2.11. The second kappa shape index (κ2) is 6.94. The Morgan fingerprint density at radius 2 is 1.88 bits per heavy atom. The number of carbonyl (C=O) groups is 1. The standard InChI is InChI=1S/C14H22N2O/c1-4-10-15-14(17)16-13(5-2)12-8-6-11(3)7-9-12/h6-9,13H,4-5,10H2,1-3H3,(H2,15,16,17)/t13-/m1/s1. The van der Waals surface area contributed by atoms with Gasteiger partial charge >= 0.3 is 6.03 Å². The fraction of sp³-hybridized carbons (Fsp3) is 0.500. The van der Waals surface area contributed by atoms with Crippen LogP contribution in [0.25, 0.3) is 0 Å². The molecule has 1 aromatic rings. The molecule has 2 amide bonds. The van der Waals surface area contributed by atoms with E-state index in [0.717, 1.165) is 24.9 Å². The molecule has 2 N–H and O–H groups in total. The van der Waals surface area contributed by atoms with Gasteiger partial charge in [0, 0.05) is 6.54 Å². The molecule has 1 rings (SSSR count). The van der Waals surface area contributed by atoms with E-state index in [-0.39, 0.29) is 12.1 Å². The summed E-state index contributed by atoms with van der Waals surface area (Å²) in [6, 6.07) is 8.30. The van der Waals surface area contributed by atoms with Gasteiger partial charge in [-0.05, 0) is 25.3 Å². The van der Waals surface area contributed by atoms with E-state index in [1.165, 1.54) is 5.56 Å². The van der Waals surface area contributed by atoms with Crippen molar-refractivity contribution in [3.8, 4) is 0 Å². The largest absolute Gasteiger partial charge is 0.338 e. The van der Waals surface area contributed by atoms with Crippen molar-refractivity contribution in [1.29, 1.82) is 0 Å². The van der Waals surface area contributed by atoms with Crippen molar-refractivity contribution in [2.75, 3.05) is 6.54 Å². The number of hydrogen-bond acceptors (Lipinski definition) is 1. The summed E-state index contributed by atoms with van der Waals surface area (Å²) < 4.78 is 0. The van der Waals surface area contributed by atoms with E-state index < -0.39 is 0 Å². The summed E-state index contributed by atoms with van der Waals surface area (Å²) in [5.74, 6) is 0. The normalized spacial score (nSPS) is 11.9. The van der Waals surface area contributed by atoms with Crippen molar-refractivity contribution in [2.45, 2.75) is 39.7 Å². The van der Waals surface area contributed by atoms with Crippen molar-refractivity contribution in [2.24, 2.45) is 0 Å². The Labute approximate surface area is 104 Å². The van der Waals surface area contributed by atoms with Gasteiger partial charge in [-0.15, -0.1) is 0 Å². The van der Waals surface area contributed by atoms with Crippen LogP contribution in [0.3, 0.4) is 0 Å². The molecular formula is C14H22N2O. The zero-order chi connectivity index (χ0) is 12.7. The average molecular weight is 234 g/mol. The molecule has 94 valence electrons. The van der Waals surface area contributed by atoms with Crippen LogP contribution in [0, 0.1) is 6.92 Å². The maximum Gasteiger partial charge on any atom is 0.315 e. The van der Waals surface area contributed by atoms with Crippen LogP contribution in [-0.4, -0.2) is 12.6 Å². The van der Waals surface area contributed by atoms with E-state index in [2.05, 4.69) is 48.7 Å². The van der Waals surface area contributed by atoms with Crippen LogP contribution in [0.2, 0.25) is 0 Å². The van der Waals surface area contributed by atoms with Gasteiger partial charge in [-0.2, -0.15) is 0 Å². The highest BCUT2D eigenvalue weighted by Crippen LogP contribution is 2.16. The molecule has 0 radical (unpaired) electrons. The van der Waals surface area contributed by atoms with Crippen LogP contribution in [0.15, 0.2) is 24.3 Å². The zero-order valence-corrected chi connectivity index (χ0v) is 10.9. The third-order valence-corrected chi connectivity index (χ3v) is 2.73. The molecule has 1 atom stereocenters. The summed E-state index contributed by atoms with van der Waals surface area (Å²) in [7, 11) is 0. The maximum atomic E-state index is 11.6. The lowest BCUT2D eigenvalue weighted by molar-refractivity contribution is 0.236. The number of benzene rings is 1. The second-order valence-corrected chi connectivity index (χ2v) is 4.27. The van der Waals surface area contributed by atoms with E-state index in [1.807, 2.05) is 6.92 Å². The van der Waals surface area contributed by atoms with Crippen molar-refractivity contribution >= 4 is 6.03 Å². The van der Waals surface area contributed by atoms with Crippen LogP contribution in [0.5, 0.6) is 0 Å². The number of urea groups is 1. The van der Waals surface area contributed by atoms with Crippen LogP contribution in [0.4, 0.5) is 4.79 Å². The van der Waals surface area contributed by atoms with E-state index in [4.69, 9.17) is 0 Å². The second-order valence-electron chi connectivity index (χ2n) is 4.27. The molecule has 0 bridgehead atoms. The Bertz CT molecular complexity index is 346. The molecule has 3 heteroatoms. The molecule has 1 aromatic carbocycles. The van der Waals surface area contributed by atoms with E-state index >= 15 is 0 Å². The van der Waals surface area contributed by atoms with Crippen molar-refractivity contribution in [1.82, 2.24) is 10.6 Å². The Balaban J connectivity index is 2.59. The molecule has 0 aliphatic carbocycles. The minimum absolute atomic E-state index is 0.0840. The summed E-state index contributed by atoms with van der Waals surface area (Å²) in [4.78, 5) is 11.6. The first-order chi connectivity index (χ1) is 8.17. The van der Waals surface area contributed by atoms with Gasteiger partial charge in [0.15, 0.2) is 0 Å². The molecule has 0 heterocycles. The lowest BCUT2D eigenvalue weighted by Crippen LogP contribution is -2.38. The Hall–Kier alpha value is -1.51. The number of carbonyl (C=O) groups excluding carboxylic acids is 1. The number of amides is 2. The van der Waals surface area contributed by atoms with Gasteiger partial charge in [0.25, 0.3) is 0 Å². The van der Waals surface area contributed by atoms with Gasteiger partial charge in [-0.1, -0.05) is 43.7 Å². The summed E-state index contributed by atoms with van der Waals surface area (Å²) in [5, 5.41) is 5.82. The minimum atomic E-state index is -0.0840. The van der Waals surface area contributed by atoms with Gasteiger partial charge in [-0.25, -0.2) is 4.79 Å². The van der Waals surface area contributed by atoms with Gasteiger partial charge < -0.3 is 10.6 Å². The van der Waals surface area contributed by atoms with Crippen LogP contribution in [-0.2, 0) is 0 Å². The third-order valence-electron chi connectivity index (χ3n) is 2.73. The molecule has 0 aliphatic rings. The van der Waals surface area contributed by atoms with E-state index in [1.54, 1.807) is 0 Å². The Morgan fingerprint density at radius 3 is 2.41 bits per heavy atom. The average Bonchev–Trinajstić information content (AvgIpc) is 2.34. The number of hydrogen-bond donors (Lipinski definition) is 2. The van der Waals surface area contributed by atoms with Gasteiger partial charge in [0.05, 0.1) is 6.04 Å². The molecule has 0 saturated carbocycles. The summed E-state index contributed by atoms with van der Waals surface area (Å²) >= 11 is 0. The first kappa shape index (κ1) is 13.6. The quantitative estimate of drug-likeness (QED) is 0.807. The molecule has 0 fully saturated rings. The van der Waals surface area contributed by atoms with Crippen LogP contribution in [0.1, 0.15) is 43.9 Å². The Morgan fingerprint density at radius 1 is 1.24 bits per heavy atom. The molecular weight excluding hydrogens is 212 g/mol. The predicted molar refractivity (Wildman–Crippen MR) is 71.0 cm³/mol. The summed E-state index contributed by atoms with van der Waals surface area (Å²) in [6.07, 6.45) is 1.84. The fourth-order valence-electron chi connectivity index (χ4n) is 1.67. The van der Waals surface area contributed by atoms with Crippen molar-refractivity contribution in [3.63, 3.8) is 0 Å². The minimum Gasteiger partial charge on any atom is -0.338 e. The van der Waals surface area contributed by atoms with Crippen LogP contribution >= 0.6 is 0 Å². The SMILES string of the molecule is CCCNC(=O)N[C@H](CC)c1ccc(C)cc1. The highest BCUT2D eigenvalue weighted by atomic mass is 16.2. The lowest BCUT2D eigenvalue weighted by Gasteiger charge is -2.18. The first-order valence-electron chi connectivity index (χ1n) is 6.28. The molecule has 0 saturated heterocycles. The Kier molecular flexibility index (Phi) is 5.53. The highest BCUT2D eigenvalue weighted by molar-refractivity contribution is 5.74. The van der Waals surface area contributed by atoms with Crippen LogP contribution < -0.4 is 10.6 Å². The zero-order valence-electron chi connectivity index (χ0n) is 10.9. The predicted octanol–water partition coefficient (Wildman–Crippen LogP) is 3.16. The molecule has 17 heavy (non-hydrogen) atoms. The van der Waals surface area contributed by atoms with Crippen molar-refractivity contribution < 1.29 is 4.79 Å². The summed E-state index contributed by atoms with van der Waals surface area (Å²) in [6.45, 7) is 6.89. The topological polar surface area (TPSA) is 41.1 Å². The van der Waals surface area contributed by atoms with E-state index in [0.29, 0.717) is 0 Å².